The van der Waals surface area contributed by atoms with Gasteiger partial charge in [-0.3, -0.25) is 4.79 Å². The van der Waals surface area contributed by atoms with Crippen molar-refractivity contribution in [3.8, 4) is 0 Å². The van der Waals surface area contributed by atoms with E-state index in [-0.39, 0.29) is 33.4 Å². The van der Waals surface area contributed by atoms with E-state index in [2.05, 4.69) is 10.3 Å². The Kier molecular flexibility index (Phi) is 3.79. The predicted molar refractivity (Wildman–Crippen MR) is 68.8 cm³/mol. The van der Waals surface area contributed by atoms with Gasteiger partial charge in [-0.2, -0.15) is 0 Å². The number of sulfone groups is 1. The Morgan fingerprint density at radius 2 is 2.11 bits per heavy atom. The molecule has 1 aromatic heterocycles. The maximum atomic E-state index is 11.9. The van der Waals surface area contributed by atoms with Crippen LogP contribution in [0.3, 0.4) is 0 Å². The fourth-order valence-electron chi connectivity index (χ4n) is 1.75. The van der Waals surface area contributed by atoms with Crippen molar-refractivity contribution in [2.24, 2.45) is 0 Å². The average Bonchev–Trinajstić information content (AvgIpc) is 2.57. The molecule has 0 aromatic carbocycles. The van der Waals surface area contributed by atoms with E-state index in [0.29, 0.717) is 6.42 Å². The Morgan fingerprint density at radius 1 is 1.39 bits per heavy atom. The van der Waals surface area contributed by atoms with Gasteiger partial charge in [0.2, 0.25) is 0 Å². The first-order valence-corrected chi connectivity index (χ1v) is 7.78. The van der Waals surface area contributed by atoms with E-state index < -0.39 is 15.7 Å². The molecule has 0 saturated carbocycles. The Morgan fingerprint density at radius 3 is 2.67 bits per heavy atom. The molecule has 0 bridgehead atoms. The number of nitrogens with zero attached hydrogens (tertiary/aromatic N) is 1. The second-order valence-electron chi connectivity index (χ2n) is 4.05. The molecule has 0 spiro atoms. The Hall–Kier alpha value is -0.850. The number of hydrogen-bond donors (Lipinski definition) is 1. The van der Waals surface area contributed by atoms with Crippen LogP contribution in [-0.4, -0.2) is 36.9 Å². The van der Waals surface area contributed by atoms with Crippen LogP contribution in [0.5, 0.6) is 0 Å². The molecule has 98 valence electrons. The summed E-state index contributed by atoms with van der Waals surface area (Å²) in [6, 6.07) is 2.54. The third kappa shape index (κ3) is 3.13. The van der Waals surface area contributed by atoms with Crippen molar-refractivity contribution in [1.29, 1.82) is 0 Å². The predicted octanol–water partition coefficient (Wildman–Crippen LogP) is 1.31. The van der Waals surface area contributed by atoms with Gasteiger partial charge in [-0.15, -0.1) is 0 Å². The quantitative estimate of drug-likeness (QED) is 0.836. The van der Waals surface area contributed by atoms with Crippen molar-refractivity contribution in [1.82, 2.24) is 10.3 Å². The smallest absolute Gasteiger partial charge is 0.254 e. The fourth-order valence-corrected chi connectivity index (χ4v) is 3.86. The summed E-state index contributed by atoms with van der Waals surface area (Å²) in [6.45, 7) is 0. The zero-order valence-corrected chi connectivity index (χ0v) is 11.5. The Balaban J connectivity index is 2.09. The van der Waals surface area contributed by atoms with Gasteiger partial charge >= 0.3 is 0 Å². The lowest BCUT2D eigenvalue weighted by Crippen LogP contribution is -2.35. The molecule has 1 amide bonds. The highest BCUT2D eigenvalue weighted by molar-refractivity contribution is 7.91. The maximum absolute atomic E-state index is 11.9. The average molecular weight is 309 g/mol. The van der Waals surface area contributed by atoms with Gasteiger partial charge in [0.25, 0.3) is 5.91 Å². The number of amides is 1. The molecule has 2 heterocycles. The van der Waals surface area contributed by atoms with Gasteiger partial charge < -0.3 is 5.32 Å². The first-order valence-electron chi connectivity index (χ1n) is 5.21. The van der Waals surface area contributed by atoms with Crippen molar-refractivity contribution in [3.63, 3.8) is 0 Å². The number of nitrogens with one attached hydrogen (secondary N) is 1. The summed E-state index contributed by atoms with van der Waals surface area (Å²) >= 11 is 11.4. The normalized spacial score (nSPS) is 21.8. The molecule has 0 aliphatic carbocycles. The van der Waals surface area contributed by atoms with Crippen LogP contribution < -0.4 is 5.32 Å². The highest BCUT2D eigenvalue weighted by atomic mass is 35.5. The second-order valence-corrected chi connectivity index (χ2v) is 7.02. The number of pyridine rings is 1. The second kappa shape index (κ2) is 5.03. The van der Waals surface area contributed by atoms with Gasteiger partial charge in [-0.1, -0.05) is 23.2 Å². The van der Waals surface area contributed by atoms with E-state index in [1.54, 1.807) is 0 Å². The van der Waals surface area contributed by atoms with E-state index in [1.165, 1.54) is 12.1 Å². The van der Waals surface area contributed by atoms with Gasteiger partial charge in [0.15, 0.2) is 9.84 Å². The van der Waals surface area contributed by atoms with Crippen LogP contribution in [-0.2, 0) is 9.84 Å². The molecule has 1 saturated heterocycles. The van der Waals surface area contributed by atoms with E-state index in [0.717, 1.165) is 0 Å². The van der Waals surface area contributed by atoms with E-state index >= 15 is 0 Å². The fraction of sp³-hybridized carbons (Fsp3) is 0.400. The zero-order chi connectivity index (χ0) is 13.3. The molecular formula is C10H10Cl2N2O3S. The maximum Gasteiger partial charge on any atom is 0.254 e. The summed E-state index contributed by atoms with van der Waals surface area (Å²) in [7, 11) is -3.02. The van der Waals surface area contributed by atoms with Crippen molar-refractivity contribution in [3.05, 3.63) is 28.0 Å². The Labute approximate surface area is 114 Å². The lowest BCUT2D eigenvalue weighted by Gasteiger charge is -2.11. The SMILES string of the molecule is O=C(NC1CCS(=O)(=O)C1)c1ccc(Cl)nc1Cl. The van der Waals surface area contributed by atoms with Gasteiger partial charge in [0, 0.05) is 6.04 Å². The van der Waals surface area contributed by atoms with Crippen molar-refractivity contribution >= 4 is 38.9 Å². The number of aromatic nitrogens is 1. The minimum Gasteiger partial charge on any atom is -0.348 e. The minimum absolute atomic E-state index is 0.000791. The van der Waals surface area contributed by atoms with Gasteiger partial charge in [-0.05, 0) is 18.6 Å². The largest absolute Gasteiger partial charge is 0.348 e. The number of halogens is 2. The van der Waals surface area contributed by atoms with Crippen LogP contribution in [0.4, 0.5) is 0 Å². The molecule has 1 fully saturated rings. The molecule has 5 nitrogen and oxygen atoms in total. The summed E-state index contributed by atoms with van der Waals surface area (Å²) < 4.78 is 22.5. The molecule has 8 heteroatoms. The van der Waals surface area contributed by atoms with E-state index in [4.69, 9.17) is 23.2 Å². The summed E-state index contributed by atoms with van der Waals surface area (Å²) in [4.78, 5) is 15.6. The molecule has 1 aromatic rings. The molecule has 1 atom stereocenters. The molecule has 1 N–H and O–H groups in total. The number of carbonyl (C=O) groups is 1. The van der Waals surface area contributed by atoms with E-state index in [9.17, 15) is 13.2 Å². The van der Waals surface area contributed by atoms with Crippen LogP contribution >= 0.6 is 23.2 Å². The molecule has 1 aliphatic rings. The van der Waals surface area contributed by atoms with Crippen LogP contribution in [0.15, 0.2) is 12.1 Å². The minimum atomic E-state index is -3.02. The summed E-state index contributed by atoms with van der Waals surface area (Å²) in [6.07, 6.45) is 0.423. The van der Waals surface area contributed by atoms with Gasteiger partial charge in [0.1, 0.15) is 10.3 Å². The first-order chi connectivity index (χ1) is 8.37. The van der Waals surface area contributed by atoms with Crippen LogP contribution in [0.25, 0.3) is 0 Å². The monoisotopic (exact) mass is 308 g/mol. The third-order valence-corrected chi connectivity index (χ3v) is 4.89. The van der Waals surface area contributed by atoms with Crippen molar-refractivity contribution < 1.29 is 13.2 Å². The molecule has 18 heavy (non-hydrogen) atoms. The topological polar surface area (TPSA) is 76.1 Å². The molecule has 2 rings (SSSR count). The van der Waals surface area contributed by atoms with Crippen LogP contribution in [0, 0.1) is 0 Å². The van der Waals surface area contributed by atoms with Crippen molar-refractivity contribution in [2.75, 3.05) is 11.5 Å². The number of hydrogen-bond acceptors (Lipinski definition) is 4. The summed E-state index contributed by atoms with van der Waals surface area (Å²) in [5, 5.41) is 2.82. The lowest BCUT2D eigenvalue weighted by molar-refractivity contribution is 0.0941. The molecular weight excluding hydrogens is 299 g/mol. The highest BCUT2D eigenvalue weighted by Crippen LogP contribution is 2.18. The molecule has 0 radical (unpaired) electrons. The molecule has 1 aliphatic heterocycles. The summed E-state index contributed by atoms with van der Waals surface area (Å²) in [5.74, 6) is -0.367. The van der Waals surface area contributed by atoms with Crippen molar-refractivity contribution in [2.45, 2.75) is 12.5 Å². The van der Waals surface area contributed by atoms with Crippen LogP contribution in [0.2, 0.25) is 10.3 Å². The van der Waals surface area contributed by atoms with Gasteiger partial charge in [-0.25, -0.2) is 13.4 Å². The Bertz CT molecular complexity index is 589. The standard InChI is InChI=1S/C10H10Cl2N2O3S/c11-8-2-1-7(9(12)14-8)10(15)13-6-3-4-18(16,17)5-6/h1-2,6H,3-5H2,(H,13,15). The first kappa shape index (κ1) is 13.6. The highest BCUT2D eigenvalue weighted by Gasteiger charge is 2.29. The summed E-state index contributed by atoms with van der Waals surface area (Å²) in [5.41, 5.74) is 0.186. The third-order valence-electron chi connectivity index (χ3n) is 2.63. The van der Waals surface area contributed by atoms with Crippen LogP contribution in [0.1, 0.15) is 16.8 Å². The lowest BCUT2D eigenvalue weighted by atomic mass is 10.2. The van der Waals surface area contributed by atoms with E-state index in [1.807, 2.05) is 0 Å². The molecule has 1 unspecified atom stereocenters. The van der Waals surface area contributed by atoms with Gasteiger partial charge in [0.05, 0.1) is 17.1 Å². The zero-order valence-electron chi connectivity index (χ0n) is 9.19. The number of carbonyl (C=O) groups excluding carboxylic acids is 1. The number of rotatable bonds is 2.